The third-order valence-corrected chi connectivity index (χ3v) is 2.40. The number of imidazole rings is 1. The van der Waals surface area contributed by atoms with Crippen LogP contribution in [0.1, 0.15) is 11.4 Å². The lowest BCUT2D eigenvalue weighted by molar-refractivity contribution is 0.763. The summed E-state index contributed by atoms with van der Waals surface area (Å²) >= 11 is 1.48. The number of aromatic nitrogens is 3. The van der Waals surface area contributed by atoms with Crippen LogP contribution < -0.4 is 0 Å². The van der Waals surface area contributed by atoms with Crippen molar-refractivity contribution in [2.75, 3.05) is 0 Å². The van der Waals surface area contributed by atoms with Crippen LogP contribution in [0.5, 0.6) is 0 Å². The molecule has 12 heavy (non-hydrogen) atoms. The van der Waals surface area contributed by atoms with E-state index in [4.69, 9.17) is 0 Å². The SMILES string of the molecule is Cc1nccn1Cc1cnsc1. The molecule has 3 nitrogen and oxygen atoms in total. The number of nitrogens with zero attached hydrogens (tertiary/aromatic N) is 3. The Morgan fingerprint density at radius 1 is 1.58 bits per heavy atom. The molecule has 0 radical (unpaired) electrons. The van der Waals surface area contributed by atoms with Gasteiger partial charge in [0.25, 0.3) is 0 Å². The van der Waals surface area contributed by atoms with Crippen molar-refractivity contribution in [3.05, 3.63) is 35.4 Å². The summed E-state index contributed by atoms with van der Waals surface area (Å²) in [6, 6.07) is 0. The monoisotopic (exact) mass is 179 g/mol. The number of rotatable bonds is 2. The van der Waals surface area contributed by atoms with Gasteiger partial charge in [0.2, 0.25) is 0 Å². The van der Waals surface area contributed by atoms with Crippen molar-refractivity contribution in [2.45, 2.75) is 13.5 Å². The fourth-order valence-corrected chi connectivity index (χ4v) is 1.60. The number of hydrogen-bond acceptors (Lipinski definition) is 3. The van der Waals surface area contributed by atoms with Crippen molar-refractivity contribution in [3.8, 4) is 0 Å². The van der Waals surface area contributed by atoms with Crippen molar-refractivity contribution in [3.63, 3.8) is 0 Å². The van der Waals surface area contributed by atoms with E-state index >= 15 is 0 Å². The van der Waals surface area contributed by atoms with E-state index in [9.17, 15) is 0 Å². The molecule has 0 spiro atoms. The zero-order chi connectivity index (χ0) is 8.39. The Bertz CT molecular complexity index is 350. The highest BCUT2D eigenvalue weighted by Crippen LogP contribution is 2.05. The van der Waals surface area contributed by atoms with E-state index in [1.807, 2.05) is 25.5 Å². The van der Waals surface area contributed by atoms with E-state index in [0.717, 1.165) is 12.4 Å². The molecule has 2 rings (SSSR count). The maximum Gasteiger partial charge on any atom is 0.105 e. The van der Waals surface area contributed by atoms with Gasteiger partial charge in [-0.3, -0.25) is 0 Å². The molecule has 2 aromatic rings. The Morgan fingerprint density at radius 3 is 3.08 bits per heavy atom. The molecule has 4 heteroatoms. The van der Waals surface area contributed by atoms with Crippen LogP contribution in [-0.4, -0.2) is 13.9 Å². The number of aryl methyl sites for hydroxylation is 1. The van der Waals surface area contributed by atoms with Gasteiger partial charge in [0, 0.05) is 29.5 Å². The minimum Gasteiger partial charge on any atom is -0.331 e. The molecule has 0 fully saturated rings. The highest BCUT2D eigenvalue weighted by molar-refractivity contribution is 7.03. The molecule has 0 atom stereocenters. The van der Waals surface area contributed by atoms with Gasteiger partial charge in [0.1, 0.15) is 5.82 Å². The summed E-state index contributed by atoms with van der Waals surface area (Å²) in [6.07, 6.45) is 5.69. The molecule has 0 N–H and O–H groups in total. The first-order valence-corrected chi connectivity index (χ1v) is 4.56. The van der Waals surface area contributed by atoms with Gasteiger partial charge in [-0.15, -0.1) is 0 Å². The Balaban J connectivity index is 2.20. The molecule has 0 aliphatic rings. The summed E-state index contributed by atoms with van der Waals surface area (Å²) in [5, 5.41) is 2.06. The molecule has 2 aromatic heterocycles. The van der Waals surface area contributed by atoms with Crippen molar-refractivity contribution in [2.24, 2.45) is 0 Å². The molecule has 0 amide bonds. The lowest BCUT2D eigenvalue weighted by atomic mass is 10.4. The predicted molar refractivity (Wildman–Crippen MR) is 48.2 cm³/mol. The van der Waals surface area contributed by atoms with Gasteiger partial charge in [-0.25, -0.2) is 9.36 Å². The van der Waals surface area contributed by atoms with Gasteiger partial charge >= 0.3 is 0 Å². The third kappa shape index (κ3) is 1.38. The topological polar surface area (TPSA) is 30.7 Å². The van der Waals surface area contributed by atoms with Gasteiger partial charge < -0.3 is 4.57 Å². The van der Waals surface area contributed by atoms with E-state index < -0.39 is 0 Å². The molecule has 0 aliphatic heterocycles. The molecular formula is C8H9N3S. The van der Waals surface area contributed by atoms with Gasteiger partial charge in [0.05, 0.1) is 6.54 Å². The van der Waals surface area contributed by atoms with Crippen molar-refractivity contribution in [1.29, 1.82) is 0 Å². The first-order chi connectivity index (χ1) is 5.86. The quantitative estimate of drug-likeness (QED) is 0.702. The fourth-order valence-electron chi connectivity index (χ4n) is 1.07. The van der Waals surface area contributed by atoms with Gasteiger partial charge in [0.15, 0.2) is 0 Å². The van der Waals surface area contributed by atoms with E-state index in [1.54, 1.807) is 0 Å². The maximum atomic E-state index is 4.14. The normalized spacial score (nSPS) is 10.4. The van der Waals surface area contributed by atoms with Crippen molar-refractivity contribution >= 4 is 11.5 Å². The molecular weight excluding hydrogens is 170 g/mol. The van der Waals surface area contributed by atoms with Gasteiger partial charge in [-0.1, -0.05) is 0 Å². The maximum absolute atomic E-state index is 4.14. The number of hydrogen-bond donors (Lipinski definition) is 0. The van der Waals surface area contributed by atoms with Crippen molar-refractivity contribution < 1.29 is 0 Å². The third-order valence-electron chi connectivity index (χ3n) is 1.76. The lowest BCUT2D eigenvalue weighted by Gasteiger charge is -2.00. The Hall–Kier alpha value is -1.16. The van der Waals surface area contributed by atoms with E-state index in [-0.39, 0.29) is 0 Å². The molecule has 0 bridgehead atoms. The second kappa shape index (κ2) is 3.06. The molecule has 0 unspecified atom stereocenters. The predicted octanol–water partition coefficient (Wildman–Crippen LogP) is 1.70. The first kappa shape index (κ1) is 7.49. The zero-order valence-electron chi connectivity index (χ0n) is 6.77. The minimum absolute atomic E-state index is 0.877. The standard InChI is InChI=1S/C8H9N3S/c1-7-9-2-3-11(7)5-8-4-10-12-6-8/h2-4,6H,5H2,1H3. The average molecular weight is 179 g/mol. The highest BCUT2D eigenvalue weighted by Gasteiger charge is 1.98. The Kier molecular flexibility index (Phi) is 1.91. The van der Waals surface area contributed by atoms with Crippen LogP contribution in [0, 0.1) is 6.92 Å². The van der Waals surface area contributed by atoms with E-state index in [0.29, 0.717) is 0 Å². The summed E-state index contributed by atoms with van der Waals surface area (Å²) < 4.78 is 6.14. The van der Waals surface area contributed by atoms with Crippen LogP contribution >= 0.6 is 11.5 Å². The summed E-state index contributed by atoms with van der Waals surface area (Å²) in [5.74, 6) is 1.04. The second-order valence-corrected chi connectivity index (χ2v) is 3.29. The molecule has 62 valence electrons. The molecule has 2 heterocycles. The zero-order valence-corrected chi connectivity index (χ0v) is 7.58. The molecule has 0 saturated carbocycles. The van der Waals surface area contributed by atoms with E-state index in [2.05, 4.69) is 19.3 Å². The molecule has 0 saturated heterocycles. The first-order valence-electron chi connectivity index (χ1n) is 3.72. The van der Waals surface area contributed by atoms with Crippen LogP contribution in [0.2, 0.25) is 0 Å². The minimum atomic E-state index is 0.877. The van der Waals surface area contributed by atoms with Gasteiger partial charge in [-0.2, -0.15) is 0 Å². The molecule has 0 aliphatic carbocycles. The summed E-state index contributed by atoms with van der Waals surface area (Å²) in [6.45, 7) is 2.88. The summed E-state index contributed by atoms with van der Waals surface area (Å²) in [7, 11) is 0. The van der Waals surface area contributed by atoms with E-state index in [1.165, 1.54) is 17.1 Å². The van der Waals surface area contributed by atoms with Crippen molar-refractivity contribution in [1.82, 2.24) is 13.9 Å². The van der Waals surface area contributed by atoms with Crippen LogP contribution in [-0.2, 0) is 6.54 Å². The second-order valence-electron chi connectivity index (χ2n) is 2.64. The largest absolute Gasteiger partial charge is 0.331 e. The smallest absolute Gasteiger partial charge is 0.105 e. The fraction of sp³-hybridized carbons (Fsp3) is 0.250. The Morgan fingerprint density at radius 2 is 2.50 bits per heavy atom. The van der Waals surface area contributed by atoms with Crippen LogP contribution in [0.3, 0.4) is 0 Å². The average Bonchev–Trinajstić information content (AvgIpc) is 2.65. The summed E-state index contributed by atoms with van der Waals surface area (Å²) in [4.78, 5) is 4.14. The molecule has 0 aromatic carbocycles. The Labute approximate surface area is 74.9 Å². The highest BCUT2D eigenvalue weighted by atomic mass is 32.1. The van der Waals surface area contributed by atoms with Gasteiger partial charge in [-0.05, 0) is 18.5 Å². The summed E-state index contributed by atoms with van der Waals surface area (Å²) in [5.41, 5.74) is 1.24. The van der Waals surface area contributed by atoms with Crippen LogP contribution in [0.4, 0.5) is 0 Å². The lowest BCUT2D eigenvalue weighted by Crippen LogP contribution is -1.99. The van der Waals surface area contributed by atoms with Crippen LogP contribution in [0.25, 0.3) is 0 Å². The van der Waals surface area contributed by atoms with Crippen LogP contribution in [0.15, 0.2) is 24.0 Å².